The lowest BCUT2D eigenvalue weighted by molar-refractivity contribution is -0.128. The molecule has 0 fully saturated rings. The highest BCUT2D eigenvalue weighted by atomic mass is 16.3. The molecule has 1 amide bonds. The lowest BCUT2D eigenvalue weighted by Crippen LogP contribution is -2.47. The van der Waals surface area contributed by atoms with Gasteiger partial charge in [-0.25, -0.2) is 4.99 Å². The monoisotopic (exact) mass is 405 g/mol. The number of phenols is 1. The van der Waals surface area contributed by atoms with Crippen molar-refractivity contribution in [1.29, 1.82) is 0 Å². The van der Waals surface area contributed by atoms with Crippen molar-refractivity contribution >= 4 is 28.6 Å². The molecule has 154 valence electrons. The van der Waals surface area contributed by atoms with Gasteiger partial charge in [0, 0.05) is 24.4 Å². The normalized spacial score (nSPS) is 19.2. The Morgan fingerprint density at radius 1 is 1.30 bits per heavy atom. The van der Waals surface area contributed by atoms with E-state index in [4.69, 9.17) is 10.2 Å². The van der Waals surface area contributed by atoms with Crippen LogP contribution in [0.5, 0.6) is 5.75 Å². The van der Waals surface area contributed by atoms with Crippen molar-refractivity contribution in [2.45, 2.75) is 32.2 Å². The quantitative estimate of drug-likeness (QED) is 0.648. The summed E-state index contributed by atoms with van der Waals surface area (Å²) < 4.78 is 5.74. The molecule has 1 aromatic heterocycles. The minimum Gasteiger partial charge on any atom is -0.508 e. The molecule has 2 heterocycles. The number of aromatic hydroxyl groups is 1. The first-order chi connectivity index (χ1) is 14.2. The molecule has 1 atom stereocenters. The molecule has 7 heteroatoms. The van der Waals surface area contributed by atoms with E-state index in [1.807, 2.05) is 31.2 Å². The van der Waals surface area contributed by atoms with E-state index in [0.717, 1.165) is 11.1 Å². The summed E-state index contributed by atoms with van der Waals surface area (Å²) in [6.45, 7) is 3.67. The number of ketones is 1. The number of benzene rings is 2. The van der Waals surface area contributed by atoms with Crippen LogP contribution in [0.15, 0.2) is 51.9 Å². The second-order valence-corrected chi connectivity index (χ2v) is 7.91. The number of Topliss-reactive ketones (excluding diaryl/α,β-unsaturated/α-hetero) is 1. The first kappa shape index (κ1) is 19.7. The maximum atomic E-state index is 12.9. The summed E-state index contributed by atoms with van der Waals surface area (Å²) in [5.41, 5.74) is 8.01. The van der Waals surface area contributed by atoms with Crippen molar-refractivity contribution in [3.63, 3.8) is 0 Å². The van der Waals surface area contributed by atoms with Crippen LogP contribution in [0.4, 0.5) is 0 Å². The molecule has 1 aliphatic rings. The number of carbonyl (C=O) groups is 2. The highest BCUT2D eigenvalue weighted by molar-refractivity contribution is 6.01. The fraction of sp³-hybridized carbons (Fsp3) is 0.261. The molecule has 0 saturated carbocycles. The average molecular weight is 405 g/mol. The van der Waals surface area contributed by atoms with Crippen LogP contribution in [-0.2, 0) is 16.8 Å². The van der Waals surface area contributed by atoms with Crippen LogP contribution in [-0.4, -0.2) is 34.7 Å². The summed E-state index contributed by atoms with van der Waals surface area (Å²) in [4.78, 5) is 31.1. The highest BCUT2D eigenvalue weighted by Gasteiger charge is 2.36. The van der Waals surface area contributed by atoms with Gasteiger partial charge in [0.25, 0.3) is 0 Å². The van der Waals surface area contributed by atoms with E-state index in [1.165, 1.54) is 11.0 Å². The van der Waals surface area contributed by atoms with Gasteiger partial charge in [-0.05, 0) is 43.2 Å². The number of furan rings is 1. The van der Waals surface area contributed by atoms with Gasteiger partial charge in [0.15, 0.2) is 11.7 Å². The zero-order chi connectivity index (χ0) is 21.6. The summed E-state index contributed by atoms with van der Waals surface area (Å²) in [7, 11) is 1.60. The second kappa shape index (κ2) is 7.02. The Bertz CT molecular complexity index is 1210. The largest absolute Gasteiger partial charge is 0.508 e. The van der Waals surface area contributed by atoms with Gasteiger partial charge in [-0.1, -0.05) is 24.3 Å². The molecule has 30 heavy (non-hydrogen) atoms. The zero-order valence-corrected chi connectivity index (χ0v) is 17.1. The molecular formula is C23H23N3O4. The number of nitrogens with two attached hydrogens (primary N) is 1. The second-order valence-electron chi connectivity index (χ2n) is 7.91. The van der Waals surface area contributed by atoms with Crippen molar-refractivity contribution in [2.75, 3.05) is 7.05 Å². The van der Waals surface area contributed by atoms with Gasteiger partial charge < -0.3 is 15.3 Å². The number of nitrogens with zero attached hydrogens (tertiary/aromatic N) is 2. The van der Waals surface area contributed by atoms with Crippen LogP contribution >= 0.6 is 0 Å². The Morgan fingerprint density at radius 3 is 2.80 bits per heavy atom. The molecule has 0 saturated heterocycles. The number of guanidine groups is 1. The maximum absolute atomic E-state index is 12.9. The number of aryl methyl sites for hydroxylation is 1. The number of rotatable bonds is 4. The molecule has 0 radical (unpaired) electrons. The fourth-order valence-electron chi connectivity index (χ4n) is 3.83. The van der Waals surface area contributed by atoms with Gasteiger partial charge in [-0.2, -0.15) is 0 Å². The minimum absolute atomic E-state index is 0.104. The summed E-state index contributed by atoms with van der Waals surface area (Å²) in [5, 5.41) is 10.4. The van der Waals surface area contributed by atoms with Gasteiger partial charge in [0.1, 0.15) is 11.3 Å². The van der Waals surface area contributed by atoms with Gasteiger partial charge in [0.2, 0.25) is 11.7 Å². The Kier molecular flexibility index (Phi) is 4.61. The number of aliphatic imine (C=N–C) groups is 1. The highest BCUT2D eigenvalue weighted by Crippen LogP contribution is 2.34. The Morgan fingerprint density at radius 2 is 2.07 bits per heavy atom. The Balaban J connectivity index is 1.63. The number of phenolic OH excluding ortho intramolecular Hbond substituents is 1. The molecule has 7 nitrogen and oxygen atoms in total. The SMILES string of the molecule is Cc1c(C(=O)Cc2cccc(C3(C)CC(=O)N(C)C(N)=N3)c2)oc2ccc(O)cc12. The first-order valence-electron chi connectivity index (χ1n) is 9.64. The van der Waals surface area contributed by atoms with Crippen molar-refractivity contribution < 1.29 is 19.1 Å². The first-order valence-corrected chi connectivity index (χ1v) is 9.64. The molecule has 3 N–H and O–H groups in total. The van der Waals surface area contributed by atoms with E-state index < -0.39 is 5.54 Å². The molecule has 0 bridgehead atoms. The summed E-state index contributed by atoms with van der Waals surface area (Å²) in [5.74, 6) is 0.319. The standard InChI is InChI=1S/C23H23N3O4/c1-13-17-11-16(27)7-8-19(17)30-21(13)18(28)10-14-5-4-6-15(9-14)23(2)12-20(29)26(3)22(24)25-23/h4-9,11,27H,10,12H2,1-3H3,(H2,24,25). The summed E-state index contributed by atoms with van der Waals surface area (Å²) in [6.07, 6.45) is 0.345. The molecule has 0 spiro atoms. The number of amides is 1. The number of hydrogen-bond donors (Lipinski definition) is 2. The third-order valence-corrected chi connectivity index (χ3v) is 5.66. The number of carbonyl (C=O) groups excluding carboxylic acids is 2. The Labute approximate surface area is 173 Å². The van der Waals surface area contributed by atoms with Crippen molar-refractivity contribution in [3.8, 4) is 5.75 Å². The van der Waals surface area contributed by atoms with Crippen molar-refractivity contribution in [2.24, 2.45) is 10.7 Å². The van der Waals surface area contributed by atoms with Crippen molar-refractivity contribution in [3.05, 3.63) is 64.9 Å². The van der Waals surface area contributed by atoms with Crippen molar-refractivity contribution in [1.82, 2.24) is 4.90 Å². The molecule has 0 aliphatic carbocycles. The third kappa shape index (κ3) is 3.32. The molecule has 1 aliphatic heterocycles. The van der Waals surface area contributed by atoms with Crippen LogP contribution < -0.4 is 5.73 Å². The predicted molar refractivity (Wildman–Crippen MR) is 113 cm³/mol. The number of hydrogen-bond acceptors (Lipinski definition) is 6. The Hall–Kier alpha value is -3.61. The molecule has 4 rings (SSSR count). The van der Waals surface area contributed by atoms with Gasteiger partial charge in [-0.15, -0.1) is 0 Å². The molecule has 2 aromatic carbocycles. The van der Waals surface area contributed by atoms with Gasteiger partial charge >= 0.3 is 0 Å². The minimum atomic E-state index is -0.778. The maximum Gasteiger partial charge on any atom is 0.231 e. The lowest BCUT2D eigenvalue weighted by atomic mass is 9.86. The number of fused-ring (bicyclic) bond motifs is 1. The smallest absolute Gasteiger partial charge is 0.231 e. The third-order valence-electron chi connectivity index (χ3n) is 5.66. The average Bonchev–Trinajstić information content (AvgIpc) is 3.02. The van der Waals surface area contributed by atoms with Crippen LogP contribution in [0.3, 0.4) is 0 Å². The van der Waals surface area contributed by atoms with E-state index >= 15 is 0 Å². The van der Waals surface area contributed by atoms with Crippen LogP contribution in [0, 0.1) is 6.92 Å². The zero-order valence-electron chi connectivity index (χ0n) is 17.1. The summed E-state index contributed by atoms with van der Waals surface area (Å²) in [6, 6.07) is 12.2. The van der Waals surface area contributed by atoms with Crippen LogP contribution in [0.1, 0.15) is 40.6 Å². The predicted octanol–water partition coefficient (Wildman–Crippen LogP) is 3.26. The van der Waals surface area contributed by atoms with E-state index in [2.05, 4.69) is 4.99 Å². The summed E-state index contributed by atoms with van der Waals surface area (Å²) >= 11 is 0. The van der Waals surface area contributed by atoms with E-state index in [0.29, 0.717) is 16.5 Å². The topological polar surface area (TPSA) is 109 Å². The van der Waals surface area contributed by atoms with Gasteiger partial charge in [0.05, 0.1) is 12.0 Å². The molecule has 1 unspecified atom stereocenters. The fourth-order valence-corrected chi connectivity index (χ4v) is 3.83. The lowest BCUT2D eigenvalue weighted by Gasteiger charge is -2.33. The van der Waals surface area contributed by atoms with Gasteiger partial charge in [-0.3, -0.25) is 14.5 Å². The van der Waals surface area contributed by atoms with Crippen LogP contribution in [0.25, 0.3) is 11.0 Å². The van der Waals surface area contributed by atoms with E-state index in [1.54, 1.807) is 26.1 Å². The van der Waals surface area contributed by atoms with Crippen LogP contribution in [0.2, 0.25) is 0 Å². The van der Waals surface area contributed by atoms with E-state index in [9.17, 15) is 14.7 Å². The molecule has 3 aromatic rings. The van der Waals surface area contributed by atoms with E-state index in [-0.39, 0.29) is 42.0 Å². The molecular weight excluding hydrogens is 382 g/mol.